The summed E-state index contributed by atoms with van der Waals surface area (Å²) in [7, 11) is 0. The van der Waals surface area contributed by atoms with Crippen molar-refractivity contribution in [3.63, 3.8) is 0 Å². The zero-order chi connectivity index (χ0) is 13.6. The Kier molecular flexibility index (Phi) is 6.07. The van der Waals surface area contributed by atoms with Gasteiger partial charge in [-0.3, -0.25) is 0 Å². The van der Waals surface area contributed by atoms with E-state index >= 15 is 0 Å². The summed E-state index contributed by atoms with van der Waals surface area (Å²) in [5, 5.41) is 3.47. The molecule has 0 amide bonds. The van der Waals surface area contributed by atoms with E-state index in [1.807, 2.05) is 13.8 Å². The molecule has 0 bridgehead atoms. The van der Waals surface area contributed by atoms with Crippen LogP contribution in [0, 0.1) is 0 Å². The van der Waals surface area contributed by atoms with Crippen LogP contribution in [0.5, 0.6) is 0 Å². The summed E-state index contributed by atoms with van der Waals surface area (Å²) in [6.07, 6.45) is 8.18. The highest BCUT2D eigenvalue weighted by molar-refractivity contribution is 4.73. The minimum absolute atomic E-state index is 0.322. The summed E-state index contributed by atoms with van der Waals surface area (Å²) >= 11 is 0. The van der Waals surface area contributed by atoms with E-state index in [2.05, 4.69) is 5.32 Å². The van der Waals surface area contributed by atoms with Crippen LogP contribution >= 0.6 is 0 Å². The molecule has 2 aliphatic rings. The molecule has 112 valence electrons. The molecule has 1 heterocycles. The largest absolute Gasteiger partial charge is 0.378 e. The van der Waals surface area contributed by atoms with Crippen molar-refractivity contribution >= 4 is 0 Å². The van der Waals surface area contributed by atoms with Crippen molar-refractivity contribution < 1.29 is 14.2 Å². The number of hydrogen-bond acceptors (Lipinski definition) is 4. The predicted octanol–water partition coefficient (Wildman–Crippen LogP) is 2.47. The maximum absolute atomic E-state index is 5.90. The van der Waals surface area contributed by atoms with Crippen molar-refractivity contribution in [3.8, 4) is 0 Å². The maximum atomic E-state index is 5.90. The second kappa shape index (κ2) is 7.58. The van der Waals surface area contributed by atoms with Gasteiger partial charge in [0.25, 0.3) is 0 Å². The lowest BCUT2D eigenvalue weighted by Gasteiger charge is -2.35. The van der Waals surface area contributed by atoms with Crippen molar-refractivity contribution in [1.29, 1.82) is 0 Å². The van der Waals surface area contributed by atoms with Gasteiger partial charge in [-0.2, -0.15) is 0 Å². The summed E-state index contributed by atoms with van der Waals surface area (Å²) in [4.78, 5) is 0. The van der Waals surface area contributed by atoms with Crippen molar-refractivity contribution in [2.24, 2.45) is 0 Å². The molecule has 1 saturated carbocycles. The van der Waals surface area contributed by atoms with Crippen molar-refractivity contribution in [2.75, 3.05) is 26.4 Å². The van der Waals surface area contributed by atoms with Gasteiger partial charge in [0, 0.05) is 6.61 Å². The molecule has 0 aromatic carbocycles. The molecule has 2 rings (SSSR count). The Hall–Kier alpha value is -0.160. The molecule has 2 fully saturated rings. The summed E-state index contributed by atoms with van der Waals surface area (Å²) < 4.78 is 17.1. The summed E-state index contributed by atoms with van der Waals surface area (Å²) in [6.45, 7) is 7.23. The van der Waals surface area contributed by atoms with Gasteiger partial charge in [0.2, 0.25) is 0 Å². The first-order valence-electron chi connectivity index (χ1n) is 7.79. The fourth-order valence-corrected chi connectivity index (χ4v) is 2.67. The van der Waals surface area contributed by atoms with Gasteiger partial charge in [-0.1, -0.05) is 19.3 Å². The van der Waals surface area contributed by atoms with Gasteiger partial charge in [-0.25, -0.2) is 0 Å². The minimum Gasteiger partial charge on any atom is -0.378 e. The minimum atomic E-state index is -0.414. The van der Waals surface area contributed by atoms with Crippen LogP contribution in [0.15, 0.2) is 0 Å². The number of hydrogen-bond donors (Lipinski definition) is 1. The smallest absolute Gasteiger partial charge is 0.162 e. The lowest BCUT2D eigenvalue weighted by Crippen LogP contribution is -2.48. The van der Waals surface area contributed by atoms with E-state index in [4.69, 9.17) is 14.2 Å². The number of ether oxygens (including phenoxy) is 3. The third-order valence-electron chi connectivity index (χ3n) is 3.92. The van der Waals surface area contributed by atoms with Gasteiger partial charge >= 0.3 is 0 Å². The molecule has 1 aliphatic heterocycles. The van der Waals surface area contributed by atoms with E-state index < -0.39 is 5.79 Å². The zero-order valence-electron chi connectivity index (χ0n) is 12.5. The van der Waals surface area contributed by atoms with Gasteiger partial charge in [-0.15, -0.1) is 0 Å². The molecule has 1 saturated heterocycles. The average molecular weight is 271 g/mol. The Morgan fingerprint density at radius 2 is 1.79 bits per heavy atom. The van der Waals surface area contributed by atoms with E-state index in [0.29, 0.717) is 12.1 Å². The average Bonchev–Trinajstić information content (AvgIpc) is 2.41. The fourth-order valence-electron chi connectivity index (χ4n) is 2.67. The third kappa shape index (κ3) is 5.78. The van der Waals surface area contributed by atoms with Crippen molar-refractivity contribution in [1.82, 2.24) is 5.32 Å². The Balaban J connectivity index is 1.46. The van der Waals surface area contributed by atoms with Gasteiger partial charge in [-0.05, 0) is 39.7 Å². The number of rotatable bonds is 6. The van der Waals surface area contributed by atoms with Crippen LogP contribution in [0.25, 0.3) is 0 Å². The van der Waals surface area contributed by atoms with Crippen molar-refractivity contribution in [2.45, 2.75) is 70.3 Å². The van der Waals surface area contributed by atoms with Gasteiger partial charge < -0.3 is 19.5 Å². The molecule has 4 nitrogen and oxygen atoms in total. The van der Waals surface area contributed by atoms with Gasteiger partial charge in [0.1, 0.15) is 0 Å². The highest BCUT2D eigenvalue weighted by Crippen LogP contribution is 2.20. The topological polar surface area (TPSA) is 39.7 Å². The third-order valence-corrected chi connectivity index (χ3v) is 3.92. The monoisotopic (exact) mass is 271 g/mol. The highest BCUT2D eigenvalue weighted by atomic mass is 16.7. The van der Waals surface area contributed by atoms with Crippen molar-refractivity contribution in [3.05, 3.63) is 0 Å². The van der Waals surface area contributed by atoms with E-state index in [-0.39, 0.29) is 0 Å². The lowest BCUT2D eigenvalue weighted by atomic mass is 9.98. The second-order valence-electron chi connectivity index (χ2n) is 6.16. The normalized spacial score (nSPS) is 25.6. The van der Waals surface area contributed by atoms with Gasteiger partial charge in [0.15, 0.2) is 5.79 Å². The van der Waals surface area contributed by atoms with Crippen LogP contribution in [-0.4, -0.2) is 44.3 Å². The van der Waals surface area contributed by atoms with E-state index in [0.717, 1.165) is 32.8 Å². The summed E-state index contributed by atoms with van der Waals surface area (Å²) in [5.74, 6) is -0.414. The SMILES string of the molecule is CC1(C)OCC(NCCCOC2CCCCC2)CO1. The summed E-state index contributed by atoms with van der Waals surface area (Å²) in [5.41, 5.74) is 0. The van der Waals surface area contributed by atoms with Crippen LogP contribution in [0.4, 0.5) is 0 Å². The molecule has 0 radical (unpaired) electrons. The number of nitrogens with one attached hydrogen (secondary N) is 1. The Labute approximate surface area is 117 Å². The molecule has 19 heavy (non-hydrogen) atoms. The highest BCUT2D eigenvalue weighted by Gasteiger charge is 2.27. The molecule has 0 unspecified atom stereocenters. The molecular formula is C15H29NO3. The fraction of sp³-hybridized carbons (Fsp3) is 1.00. The molecule has 0 spiro atoms. The molecule has 0 atom stereocenters. The molecule has 0 aromatic rings. The molecule has 1 N–H and O–H groups in total. The first-order valence-corrected chi connectivity index (χ1v) is 7.79. The quantitative estimate of drug-likeness (QED) is 0.753. The molecule has 4 heteroatoms. The molecule has 0 aromatic heterocycles. The van der Waals surface area contributed by atoms with Gasteiger partial charge in [0.05, 0.1) is 25.4 Å². The second-order valence-corrected chi connectivity index (χ2v) is 6.16. The molecular weight excluding hydrogens is 242 g/mol. The lowest BCUT2D eigenvalue weighted by molar-refractivity contribution is -0.252. The molecule has 1 aliphatic carbocycles. The first kappa shape index (κ1) is 15.2. The van der Waals surface area contributed by atoms with Crippen LogP contribution < -0.4 is 5.32 Å². The van der Waals surface area contributed by atoms with E-state index in [1.54, 1.807) is 0 Å². The van der Waals surface area contributed by atoms with Crippen LogP contribution in [-0.2, 0) is 14.2 Å². The maximum Gasteiger partial charge on any atom is 0.162 e. The first-order chi connectivity index (χ1) is 9.16. The Morgan fingerprint density at radius 1 is 1.11 bits per heavy atom. The predicted molar refractivity (Wildman–Crippen MR) is 75.2 cm³/mol. The van der Waals surface area contributed by atoms with Crippen LogP contribution in [0.2, 0.25) is 0 Å². The summed E-state index contributed by atoms with van der Waals surface area (Å²) in [6, 6.07) is 0.322. The van der Waals surface area contributed by atoms with E-state index in [1.165, 1.54) is 32.1 Å². The Morgan fingerprint density at radius 3 is 2.47 bits per heavy atom. The zero-order valence-corrected chi connectivity index (χ0v) is 12.5. The van der Waals surface area contributed by atoms with Crippen LogP contribution in [0.3, 0.4) is 0 Å². The standard InChI is InChI=1S/C15H29NO3/c1-15(2)18-11-13(12-19-15)16-9-6-10-17-14-7-4-3-5-8-14/h13-14,16H,3-12H2,1-2H3. The van der Waals surface area contributed by atoms with E-state index in [9.17, 15) is 0 Å². The van der Waals surface area contributed by atoms with Crippen LogP contribution in [0.1, 0.15) is 52.4 Å². The Bertz CT molecular complexity index is 242.